The molecule has 17 heavy (non-hydrogen) atoms. The third kappa shape index (κ3) is 3.77. The lowest BCUT2D eigenvalue weighted by Gasteiger charge is -2.24. The Labute approximate surface area is 108 Å². The Morgan fingerprint density at radius 2 is 1.94 bits per heavy atom. The van der Waals surface area contributed by atoms with Crippen LogP contribution in [-0.2, 0) is 10.5 Å². The minimum atomic E-state index is -0.264. The minimum Gasteiger partial charge on any atom is -0.497 e. The quantitative estimate of drug-likeness (QED) is 0.772. The van der Waals surface area contributed by atoms with Crippen LogP contribution in [0.1, 0.15) is 32.8 Å². The molecule has 0 aromatic heterocycles. The maximum absolute atomic E-state index is 11.6. The molecule has 0 aliphatic heterocycles. The summed E-state index contributed by atoms with van der Waals surface area (Å²) in [5.74, 6) is 1.97. The molecule has 0 radical (unpaired) electrons. The van der Waals surface area contributed by atoms with Gasteiger partial charge in [-0.05, 0) is 38.0 Å². The summed E-state index contributed by atoms with van der Waals surface area (Å²) < 4.78 is 4.85. The highest BCUT2D eigenvalue weighted by Crippen LogP contribution is 2.32. The first-order valence-corrected chi connectivity index (χ1v) is 6.78. The standard InChI is InChI=1S/C14H20O2S/c1-5-14(3,11(2)15)17-10-12-6-8-13(16-4)9-7-12/h6-9H,5,10H2,1-4H3. The molecule has 1 atom stereocenters. The van der Waals surface area contributed by atoms with Crippen LogP contribution in [-0.4, -0.2) is 17.6 Å². The molecule has 0 spiro atoms. The average molecular weight is 252 g/mol. The number of Topliss-reactive ketones (excluding diaryl/α,β-unsaturated/α-hetero) is 1. The highest BCUT2D eigenvalue weighted by Gasteiger charge is 2.27. The molecule has 0 fully saturated rings. The van der Waals surface area contributed by atoms with E-state index in [9.17, 15) is 4.79 Å². The van der Waals surface area contributed by atoms with Crippen molar-refractivity contribution in [2.45, 2.75) is 37.7 Å². The van der Waals surface area contributed by atoms with Gasteiger partial charge in [0.1, 0.15) is 11.5 Å². The molecule has 94 valence electrons. The highest BCUT2D eigenvalue weighted by atomic mass is 32.2. The van der Waals surface area contributed by atoms with Gasteiger partial charge >= 0.3 is 0 Å². The van der Waals surface area contributed by atoms with Crippen LogP contribution in [0.3, 0.4) is 0 Å². The summed E-state index contributed by atoms with van der Waals surface area (Å²) in [6, 6.07) is 7.99. The summed E-state index contributed by atoms with van der Waals surface area (Å²) in [4.78, 5) is 11.6. The van der Waals surface area contributed by atoms with Gasteiger partial charge in [-0.15, -0.1) is 11.8 Å². The molecule has 1 aromatic carbocycles. The number of hydrogen-bond donors (Lipinski definition) is 0. The molecule has 0 amide bonds. The lowest BCUT2D eigenvalue weighted by atomic mass is 10.0. The topological polar surface area (TPSA) is 26.3 Å². The van der Waals surface area contributed by atoms with Crippen LogP contribution in [0.5, 0.6) is 5.75 Å². The monoisotopic (exact) mass is 252 g/mol. The number of benzene rings is 1. The van der Waals surface area contributed by atoms with E-state index in [-0.39, 0.29) is 10.5 Å². The molecule has 0 bridgehead atoms. The molecule has 1 aromatic rings. The summed E-state index contributed by atoms with van der Waals surface area (Å²) in [5.41, 5.74) is 1.22. The summed E-state index contributed by atoms with van der Waals surface area (Å²) >= 11 is 1.71. The van der Waals surface area contributed by atoms with Crippen molar-refractivity contribution in [2.24, 2.45) is 0 Å². The Bertz CT molecular complexity index is 372. The molecule has 0 saturated heterocycles. The van der Waals surface area contributed by atoms with Gasteiger partial charge in [0.15, 0.2) is 0 Å². The second kappa shape index (κ2) is 6.10. The van der Waals surface area contributed by atoms with Gasteiger partial charge in [-0.2, -0.15) is 0 Å². The first kappa shape index (κ1) is 14.1. The van der Waals surface area contributed by atoms with Gasteiger partial charge in [-0.25, -0.2) is 0 Å². The minimum absolute atomic E-state index is 0.249. The van der Waals surface area contributed by atoms with E-state index in [0.717, 1.165) is 17.9 Å². The zero-order chi connectivity index (χ0) is 12.9. The summed E-state index contributed by atoms with van der Waals surface area (Å²) in [7, 11) is 1.66. The van der Waals surface area contributed by atoms with Crippen molar-refractivity contribution in [3.63, 3.8) is 0 Å². The third-order valence-electron chi connectivity index (χ3n) is 3.14. The predicted octanol–water partition coefficient (Wildman–Crippen LogP) is 3.69. The van der Waals surface area contributed by atoms with Gasteiger partial charge in [0.2, 0.25) is 0 Å². The van der Waals surface area contributed by atoms with Crippen LogP contribution in [0.15, 0.2) is 24.3 Å². The van der Waals surface area contributed by atoms with E-state index in [1.165, 1.54) is 5.56 Å². The van der Waals surface area contributed by atoms with Gasteiger partial charge in [0.05, 0.1) is 11.9 Å². The van der Waals surface area contributed by atoms with Crippen molar-refractivity contribution in [2.75, 3.05) is 7.11 Å². The Morgan fingerprint density at radius 3 is 2.35 bits per heavy atom. The zero-order valence-electron chi connectivity index (χ0n) is 10.9. The van der Waals surface area contributed by atoms with E-state index < -0.39 is 0 Å². The summed E-state index contributed by atoms with van der Waals surface area (Å²) in [6.07, 6.45) is 0.864. The second-order valence-electron chi connectivity index (χ2n) is 4.28. The van der Waals surface area contributed by atoms with Gasteiger partial charge in [-0.1, -0.05) is 19.1 Å². The normalized spacial score (nSPS) is 14.1. The van der Waals surface area contributed by atoms with Crippen LogP contribution in [0.25, 0.3) is 0 Å². The number of ketones is 1. The molecule has 1 rings (SSSR count). The van der Waals surface area contributed by atoms with Crippen LogP contribution >= 0.6 is 11.8 Å². The van der Waals surface area contributed by atoms with E-state index in [1.54, 1.807) is 25.8 Å². The van der Waals surface area contributed by atoms with E-state index in [1.807, 2.05) is 31.2 Å². The molecule has 3 heteroatoms. The number of methoxy groups -OCH3 is 1. The number of carbonyl (C=O) groups excluding carboxylic acids is 1. The fraction of sp³-hybridized carbons (Fsp3) is 0.500. The Balaban J connectivity index is 2.63. The summed E-state index contributed by atoms with van der Waals surface area (Å²) in [6.45, 7) is 5.75. The lowest BCUT2D eigenvalue weighted by molar-refractivity contribution is -0.118. The molecule has 2 nitrogen and oxygen atoms in total. The maximum Gasteiger partial charge on any atom is 0.145 e. The van der Waals surface area contributed by atoms with E-state index in [4.69, 9.17) is 4.74 Å². The predicted molar refractivity (Wildman–Crippen MR) is 73.7 cm³/mol. The molecular weight excluding hydrogens is 232 g/mol. The number of rotatable bonds is 6. The molecule has 0 aliphatic rings. The van der Waals surface area contributed by atoms with Crippen molar-refractivity contribution < 1.29 is 9.53 Å². The molecule has 0 aliphatic carbocycles. The van der Waals surface area contributed by atoms with Gasteiger partial charge in [-0.3, -0.25) is 4.79 Å². The average Bonchev–Trinajstić information content (AvgIpc) is 2.36. The van der Waals surface area contributed by atoms with Crippen molar-refractivity contribution in [3.8, 4) is 5.75 Å². The molecule has 0 saturated carbocycles. The number of thioether (sulfide) groups is 1. The third-order valence-corrected chi connectivity index (χ3v) is 4.83. The smallest absolute Gasteiger partial charge is 0.145 e. The first-order valence-electron chi connectivity index (χ1n) is 5.79. The molecular formula is C14H20O2S. The fourth-order valence-corrected chi connectivity index (χ4v) is 2.50. The Morgan fingerprint density at radius 1 is 1.35 bits per heavy atom. The van der Waals surface area contributed by atoms with Crippen molar-refractivity contribution >= 4 is 17.5 Å². The number of ether oxygens (including phenoxy) is 1. The SMILES string of the molecule is CCC(C)(SCc1ccc(OC)cc1)C(C)=O. The van der Waals surface area contributed by atoms with E-state index in [0.29, 0.717) is 0 Å². The number of carbonyl (C=O) groups is 1. The Kier molecular flexibility index (Phi) is 5.06. The molecule has 1 unspecified atom stereocenters. The van der Waals surface area contributed by atoms with Crippen molar-refractivity contribution in [1.82, 2.24) is 0 Å². The number of hydrogen-bond acceptors (Lipinski definition) is 3. The highest BCUT2D eigenvalue weighted by molar-refractivity contribution is 8.00. The molecule has 0 heterocycles. The van der Waals surface area contributed by atoms with Crippen LogP contribution in [0, 0.1) is 0 Å². The van der Waals surface area contributed by atoms with Gasteiger partial charge in [0.25, 0.3) is 0 Å². The van der Waals surface area contributed by atoms with Crippen LogP contribution in [0.2, 0.25) is 0 Å². The first-order chi connectivity index (χ1) is 8.01. The maximum atomic E-state index is 11.6. The van der Waals surface area contributed by atoms with Crippen molar-refractivity contribution in [3.05, 3.63) is 29.8 Å². The van der Waals surface area contributed by atoms with Gasteiger partial charge in [0, 0.05) is 5.75 Å². The van der Waals surface area contributed by atoms with E-state index >= 15 is 0 Å². The van der Waals surface area contributed by atoms with Crippen LogP contribution in [0.4, 0.5) is 0 Å². The lowest BCUT2D eigenvalue weighted by Crippen LogP contribution is -2.28. The summed E-state index contributed by atoms with van der Waals surface area (Å²) in [5, 5.41) is 0. The largest absolute Gasteiger partial charge is 0.497 e. The van der Waals surface area contributed by atoms with Gasteiger partial charge < -0.3 is 4.74 Å². The zero-order valence-corrected chi connectivity index (χ0v) is 11.8. The van der Waals surface area contributed by atoms with Crippen molar-refractivity contribution in [1.29, 1.82) is 0 Å². The van der Waals surface area contributed by atoms with E-state index in [2.05, 4.69) is 6.92 Å². The Hall–Kier alpha value is -0.960. The molecule has 0 N–H and O–H groups in total. The fourth-order valence-electron chi connectivity index (χ4n) is 1.42. The second-order valence-corrected chi connectivity index (χ2v) is 5.76. The van der Waals surface area contributed by atoms with Crippen LogP contribution < -0.4 is 4.74 Å².